The van der Waals surface area contributed by atoms with Crippen LogP contribution >= 0.6 is 0 Å². The standard InChI is InChI=1S/C16H15NO3/c1-10-5-4-6-14-15(10)17-16(20-14)12-9-11(18-2)7-8-13(12)19-3/h4-9H,1-3H3. The summed E-state index contributed by atoms with van der Waals surface area (Å²) in [5.41, 5.74) is 3.50. The molecule has 1 aromatic heterocycles. The molecule has 4 nitrogen and oxygen atoms in total. The van der Waals surface area contributed by atoms with Gasteiger partial charge in [-0.25, -0.2) is 4.98 Å². The lowest BCUT2D eigenvalue weighted by Gasteiger charge is -2.07. The highest BCUT2D eigenvalue weighted by atomic mass is 16.5. The van der Waals surface area contributed by atoms with Crippen molar-refractivity contribution in [3.8, 4) is 23.0 Å². The summed E-state index contributed by atoms with van der Waals surface area (Å²) in [4.78, 5) is 4.56. The summed E-state index contributed by atoms with van der Waals surface area (Å²) in [6.07, 6.45) is 0. The van der Waals surface area contributed by atoms with Gasteiger partial charge in [0.1, 0.15) is 17.0 Å². The lowest BCUT2D eigenvalue weighted by Crippen LogP contribution is -1.90. The SMILES string of the molecule is COc1ccc(OC)c(-c2nc3c(C)cccc3o2)c1. The van der Waals surface area contributed by atoms with Crippen molar-refractivity contribution in [3.05, 3.63) is 42.0 Å². The van der Waals surface area contributed by atoms with Gasteiger partial charge in [0.05, 0.1) is 19.8 Å². The third-order valence-electron chi connectivity index (χ3n) is 3.26. The van der Waals surface area contributed by atoms with E-state index in [1.165, 1.54) is 0 Å². The van der Waals surface area contributed by atoms with Crippen LogP contribution in [0.1, 0.15) is 5.56 Å². The van der Waals surface area contributed by atoms with Gasteiger partial charge in [-0.3, -0.25) is 0 Å². The van der Waals surface area contributed by atoms with Gasteiger partial charge in [-0.2, -0.15) is 0 Å². The molecule has 0 bridgehead atoms. The molecule has 0 amide bonds. The second-order valence-electron chi connectivity index (χ2n) is 4.51. The molecule has 0 atom stereocenters. The molecule has 0 fully saturated rings. The van der Waals surface area contributed by atoms with Gasteiger partial charge in [-0.15, -0.1) is 0 Å². The molecule has 2 aromatic carbocycles. The summed E-state index contributed by atoms with van der Waals surface area (Å²) in [5.74, 6) is 1.97. The van der Waals surface area contributed by atoms with Crippen LogP contribution in [0.5, 0.6) is 11.5 Å². The summed E-state index contributed by atoms with van der Waals surface area (Å²) in [5, 5.41) is 0. The van der Waals surface area contributed by atoms with Crippen LogP contribution in [0.2, 0.25) is 0 Å². The molecule has 0 unspecified atom stereocenters. The smallest absolute Gasteiger partial charge is 0.231 e. The predicted molar refractivity (Wildman–Crippen MR) is 77.3 cm³/mol. The number of hydrogen-bond donors (Lipinski definition) is 0. The number of methoxy groups -OCH3 is 2. The number of rotatable bonds is 3. The molecule has 0 aliphatic heterocycles. The van der Waals surface area contributed by atoms with Gasteiger partial charge in [0.2, 0.25) is 5.89 Å². The van der Waals surface area contributed by atoms with Crippen molar-refractivity contribution in [2.24, 2.45) is 0 Å². The van der Waals surface area contributed by atoms with Gasteiger partial charge in [0.25, 0.3) is 0 Å². The van der Waals surface area contributed by atoms with E-state index in [4.69, 9.17) is 13.9 Å². The Hall–Kier alpha value is -2.49. The van der Waals surface area contributed by atoms with Crippen LogP contribution in [0.3, 0.4) is 0 Å². The van der Waals surface area contributed by atoms with Crippen LogP contribution in [0.4, 0.5) is 0 Å². The first kappa shape index (κ1) is 12.5. The Bertz CT molecular complexity index is 762. The second kappa shape index (κ2) is 4.89. The lowest BCUT2D eigenvalue weighted by molar-refractivity contribution is 0.403. The molecule has 0 radical (unpaired) electrons. The molecule has 3 aromatic rings. The molecule has 102 valence electrons. The number of hydrogen-bond acceptors (Lipinski definition) is 4. The Balaban J connectivity index is 2.21. The lowest BCUT2D eigenvalue weighted by atomic mass is 10.2. The highest BCUT2D eigenvalue weighted by Crippen LogP contribution is 2.35. The Morgan fingerprint density at radius 2 is 1.90 bits per heavy atom. The van der Waals surface area contributed by atoms with Crippen molar-refractivity contribution in [3.63, 3.8) is 0 Å². The zero-order valence-electron chi connectivity index (χ0n) is 11.6. The Morgan fingerprint density at radius 3 is 2.60 bits per heavy atom. The molecule has 1 heterocycles. The highest BCUT2D eigenvalue weighted by molar-refractivity contribution is 5.80. The van der Waals surface area contributed by atoms with Crippen molar-refractivity contribution in [2.45, 2.75) is 6.92 Å². The number of benzene rings is 2. The zero-order valence-corrected chi connectivity index (χ0v) is 11.6. The van der Waals surface area contributed by atoms with E-state index in [-0.39, 0.29) is 0 Å². The number of ether oxygens (including phenoxy) is 2. The molecule has 4 heteroatoms. The molecule has 0 saturated carbocycles. The van der Waals surface area contributed by atoms with Crippen molar-refractivity contribution in [2.75, 3.05) is 14.2 Å². The van der Waals surface area contributed by atoms with Crippen LogP contribution in [-0.4, -0.2) is 19.2 Å². The van der Waals surface area contributed by atoms with E-state index in [0.717, 1.165) is 28.0 Å². The van der Waals surface area contributed by atoms with Gasteiger partial charge in [0, 0.05) is 0 Å². The minimum atomic E-state index is 0.532. The van der Waals surface area contributed by atoms with E-state index in [1.807, 2.05) is 43.3 Å². The summed E-state index contributed by atoms with van der Waals surface area (Å²) in [7, 11) is 3.25. The first-order valence-electron chi connectivity index (χ1n) is 6.31. The zero-order chi connectivity index (χ0) is 14.1. The topological polar surface area (TPSA) is 44.5 Å². The average Bonchev–Trinajstić information content (AvgIpc) is 2.92. The van der Waals surface area contributed by atoms with E-state index in [1.54, 1.807) is 14.2 Å². The summed E-state index contributed by atoms with van der Waals surface area (Å²) >= 11 is 0. The molecule has 0 N–H and O–H groups in total. The van der Waals surface area contributed by atoms with Crippen LogP contribution in [-0.2, 0) is 0 Å². The quantitative estimate of drug-likeness (QED) is 0.725. The average molecular weight is 269 g/mol. The molecule has 20 heavy (non-hydrogen) atoms. The summed E-state index contributed by atoms with van der Waals surface area (Å²) in [6.45, 7) is 2.01. The summed E-state index contributed by atoms with van der Waals surface area (Å²) in [6, 6.07) is 11.4. The normalized spacial score (nSPS) is 10.8. The molecule has 0 aliphatic carbocycles. The maximum Gasteiger partial charge on any atom is 0.231 e. The van der Waals surface area contributed by atoms with Crippen molar-refractivity contribution in [1.29, 1.82) is 0 Å². The molecular weight excluding hydrogens is 254 g/mol. The van der Waals surface area contributed by atoms with Crippen molar-refractivity contribution >= 4 is 11.1 Å². The number of nitrogens with zero attached hydrogens (tertiary/aromatic N) is 1. The summed E-state index contributed by atoms with van der Waals surface area (Å²) < 4.78 is 16.4. The van der Waals surface area contributed by atoms with E-state index in [9.17, 15) is 0 Å². The van der Waals surface area contributed by atoms with Gasteiger partial charge >= 0.3 is 0 Å². The third-order valence-corrected chi connectivity index (χ3v) is 3.26. The molecule has 0 saturated heterocycles. The largest absolute Gasteiger partial charge is 0.497 e. The van der Waals surface area contributed by atoms with E-state index >= 15 is 0 Å². The van der Waals surface area contributed by atoms with Crippen LogP contribution in [0.25, 0.3) is 22.6 Å². The van der Waals surface area contributed by atoms with E-state index < -0.39 is 0 Å². The predicted octanol–water partition coefficient (Wildman–Crippen LogP) is 3.82. The van der Waals surface area contributed by atoms with Crippen molar-refractivity contribution in [1.82, 2.24) is 4.98 Å². The van der Waals surface area contributed by atoms with Gasteiger partial charge in [-0.05, 0) is 36.8 Å². The maximum atomic E-state index is 5.83. The van der Waals surface area contributed by atoms with Crippen LogP contribution in [0.15, 0.2) is 40.8 Å². The monoisotopic (exact) mass is 269 g/mol. The number of fused-ring (bicyclic) bond motifs is 1. The number of aryl methyl sites for hydroxylation is 1. The molecule has 0 spiro atoms. The molecular formula is C16H15NO3. The first-order valence-corrected chi connectivity index (χ1v) is 6.31. The Morgan fingerprint density at radius 1 is 1.05 bits per heavy atom. The van der Waals surface area contributed by atoms with Crippen LogP contribution < -0.4 is 9.47 Å². The highest BCUT2D eigenvalue weighted by Gasteiger charge is 2.15. The van der Waals surface area contributed by atoms with Gasteiger partial charge in [-0.1, -0.05) is 12.1 Å². The molecule has 0 aliphatic rings. The fraction of sp³-hybridized carbons (Fsp3) is 0.188. The fourth-order valence-electron chi connectivity index (χ4n) is 2.18. The maximum absolute atomic E-state index is 5.83. The number of para-hydroxylation sites is 1. The Labute approximate surface area is 117 Å². The second-order valence-corrected chi connectivity index (χ2v) is 4.51. The first-order chi connectivity index (χ1) is 9.72. The minimum absolute atomic E-state index is 0.532. The third kappa shape index (κ3) is 1.99. The Kier molecular flexibility index (Phi) is 3.06. The van der Waals surface area contributed by atoms with Crippen LogP contribution in [0, 0.1) is 6.92 Å². The van der Waals surface area contributed by atoms with Gasteiger partial charge in [0.15, 0.2) is 5.58 Å². The fourth-order valence-corrected chi connectivity index (χ4v) is 2.18. The molecule has 3 rings (SSSR count). The minimum Gasteiger partial charge on any atom is -0.497 e. The van der Waals surface area contributed by atoms with Gasteiger partial charge < -0.3 is 13.9 Å². The van der Waals surface area contributed by atoms with E-state index in [2.05, 4.69) is 4.98 Å². The van der Waals surface area contributed by atoms with Crippen molar-refractivity contribution < 1.29 is 13.9 Å². The number of aromatic nitrogens is 1. The number of oxazole rings is 1. The van der Waals surface area contributed by atoms with E-state index in [0.29, 0.717) is 11.6 Å².